The van der Waals surface area contributed by atoms with E-state index in [9.17, 15) is 9.59 Å². The fourth-order valence-electron chi connectivity index (χ4n) is 2.67. The summed E-state index contributed by atoms with van der Waals surface area (Å²) in [4.78, 5) is 23.8. The van der Waals surface area contributed by atoms with Crippen LogP contribution in [0.4, 0.5) is 11.4 Å². The zero-order valence-corrected chi connectivity index (χ0v) is 12.6. The van der Waals surface area contributed by atoms with Crippen LogP contribution in [0.15, 0.2) is 24.4 Å². The van der Waals surface area contributed by atoms with Crippen molar-refractivity contribution in [3.63, 3.8) is 0 Å². The number of nitrogens with one attached hydrogen (secondary N) is 2. The van der Waals surface area contributed by atoms with E-state index in [0.717, 1.165) is 29.8 Å². The van der Waals surface area contributed by atoms with Crippen molar-refractivity contribution in [1.82, 2.24) is 9.78 Å². The smallest absolute Gasteiger partial charge is 0.259 e. The van der Waals surface area contributed by atoms with E-state index in [-0.39, 0.29) is 11.8 Å². The Labute approximate surface area is 128 Å². The molecule has 0 bridgehead atoms. The Hall–Kier alpha value is -2.63. The molecule has 2 aromatic rings. The minimum Gasteiger partial charge on any atom is -0.326 e. The lowest BCUT2D eigenvalue weighted by atomic mass is 10.1. The molecule has 1 aromatic heterocycles. The van der Waals surface area contributed by atoms with Crippen LogP contribution in [0.25, 0.3) is 0 Å². The fourth-order valence-corrected chi connectivity index (χ4v) is 2.67. The monoisotopic (exact) mass is 298 g/mol. The van der Waals surface area contributed by atoms with Crippen LogP contribution in [0, 0.1) is 6.92 Å². The average molecular weight is 298 g/mol. The topological polar surface area (TPSA) is 76.0 Å². The molecule has 0 saturated carbocycles. The van der Waals surface area contributed by atoms with Crippen LogP contribution in [-0.2, 0) is 18.3 Å². The van der Waals surface area contributed by atoms with E-state index >= 15 is 0 Å². The number of anilines is 2. The number of rotatable bonds is 2. The number of benzene rings is 1. The summed E-state index contributed by atoms with van der Waals surface area (Å²) in [7, 11) is 1.79. The Morgan fingerprint density at radius 2 is 2.18 bits per heavy atom. The number of nitrogens with zero attached hydrogens (tertiary/aromatic N) is 2. The Morgan fingerprint density at radius 1 is 1.36 bits per heavy atom. The van der Waals surface area contributed by atoms with Crippen LogP contribution in [0.1, 0.15) is 34.5 Å². The maximum atomic E-state index is 12.3. The van der Waals surface area contributed by atoms with Gasteiger partial charge in [-0.15, -0.1) is 0 Å². The van der Waals surface area contributed by atoms with Gasteiger partial charge in [-0.05, 0) is 43.5 Å². The second-order valence-corrected chi connectivity index (χ2v) is 5.53. The summed E-state index contributed by atoms with van der Waals surface area (Å²) in [6.07, 6.45) is 3.88. The quantitative estimate of drug-likeness (QED) is 0.893. The normalized spacial score (nSPS) is 14.0. The summed E-state index contributed by atoms with van der Waals surface area (Å²) >= 11 is 0. The predicted octanol–water partition coefficient (Wildman–Crippen LogP) is 2.26. The van der Waals surface area contributed by atoms with Crippen LogP contribution in [-0.4, -0.2) is 21.6 Å². The molecule has 0 radical (unpaired) electrons. The second kappa shape index (κ2) is 5.63. The molecule has 0 aliphatic carbocycles. The molecule has 0 atom stereocenters. The highest BCUT2D eigenvalue weighted by molar-refractivity contribution is 6.05. The SMILES string of the molecule is Cc1nn(C)cc1C(=O)Nc1ccc2c(c1)CCCC(=O)N2. The van der Waals surface area contributed by atoms with Gasteiger partial charge in [0.25, 0.3) is 5.91 Å². The third kappa shape index (κ3) is 2.86. The summed E-state index contributed by atoms with van der Waals surface area (Å²) < 4.78 is 1.62. The van der Waals surface area contributed by atoms with Crippen molar-refractivity contribution >= 4 is 23.2 Å². The third-order valence-corrected chi connectivity index (χ3v) is 3.75. The van der Waals surface area contributed by atoms with E-state index in [2.05, 4.69) is 15.7 Å². The Morgan fingerprint density at radius 3 is 2.91 bits per heavy atom. The number of amides is 2. The van der Waals surface area contributed by atoms with E-state index in [1.54, 1.807) is 24.0 Å². The number of aryl methyl sites for hydroxylation is 3. The van der Waals surface area contributed by atoms with Crippen LogP contribution >= 0.6 is 0 Å². The lowest BCUT2D eigenvalue weighted by molar-refractivity contribution is -0.116. The van der Waals surface area contributed by atoms with E-state index in [1.165, 1.54) is 0 Å². The molecule has 1 aliphatic rings. The molecule has 1 aromatic carbocycles. The van der Waals surface area contributed by atoms with Gasteiger partial charge in [0.15, 0.2) is 0 Å². The second-order valence-electron chi connectivity index (χ2n) is 5.53. The lowest BCUT2D eigenvalue weighted by Crippen LogP contribution is -2.13. The molecular formula is C16H18N4O2. The molecule has 2 amide bonds. The molecule has 0 fully saturated rings. The summed E-state index contributed by atoms with van der Waals surface area (Å²) in [6.45, 7) is 1.81. The van der Waals surface area contributed by atoms with Crippen LogP contribution in [0.2, 0.25) is 0 Å². The van der Waals surface area contributed by atoms with E-state index in [1.807, 2.05) is 19.1 Å². The highest BCUT2D eigenvalue weighted by Gasteiger charge is 2.15. The molecule has 1 aliphatic heterocycles. The molecule has 6 heteroatoms. The molecule has 0 spiro atoms. The van der Waals surface area contributed by atoms with Crippen molar-refractivity contribution in [3.8, 4) is 0 Å². The first kappa shape index (κ1) is 14.3. The zero-order chi connectivity index (χ0) is 15.7. The minimum atomic E-state index is -0.178. The Kier molecular flexibility index (Phi) is 3.66. The van der Waals surface area contributed by atoms with Crippen molar-refractivity contribution in [2.45, 2.75) is 26.2 Å². The summed E-state index contributed by atoms with van der Waals surface area (Å²) in [6, 6.07) is 5.56. The fraction of sp³-hybridized carbons (Fsp3) is 0.312. The molecule has 3 rings (SSSR count). The van der Waals surface area contributed by atoms with Gasteiger partial charge in [0.1, 0.15) is 0 Å². The van der Waals surface area contributed by atoms with Gasteiger partial charge in [-0.25, -0.2) is 0 Å². The van der Waals surface area contributed by atoms with E-state index in [4.69, 9.17) is 0 Å². The van der Waals surface area contributed by atoms with Crippen molar-refractivity contribution in [2.24, 2.45) is 7.05 Å². The van der Waals surface area contributed by atoms with Crippen LogP contribution < -0.4 is 10.6 Å². The Bertz CT molecular complexity index is 749. The number of fused-ring (bicyclic) bond motifs is 1. The molecular weight excluding hydrogens is 280 g/mol. The zero-order valence-electron chi connectivity index (χ0n) is 12.6. The van der Waals surface area contributed by atoms with Crippen molar-refractivity contribution < 1.29 is 9.59 Å². The molecule has 2 heterocycles. The van der Waals surface area contributed by atoms with Gasteiger partial charge in [-0.1, -0.05) is 0 Å². The third-order valence-electron chi connectivity index (χ3n) is 3.75. The maximum absolute atomic E-state index is 12.3. The standard InChI is InChI=1S/C16H18N4O2/c1-10-13(9-20(2)19-10)16(22)17-12-6-7-14-11(8-12)4-3-5-15(21)18-14/h6-9H,3-5H2,1-2H3,(H,17,22)(H,18,21). The molecule has 0 saturated heterocycles. The molecule has 6 nitrogen and oxygen atoms in total. The van der Waals surface area contributed by atoms with Gasteiger partial charge in [-0.3, -0.25) is 14.3 Å². The number of hydrogen-bond acceptors (Lipinski definition) is 3. The van der Waals surface area contributed by atoms with Gasteiger partial charge in [0.2, 0.25) is 5.91 Å². The van der Waals surface area contributed by atoms with Crippen molar-refractivity contribution in [1.29, 1.82) is 0 Å². The number of aromatic nitrogens is 2. The molecule has 2 N–H and O–H groups in total. The van der Waals surface area contributed by atoms with Gasteiger partial charge >= 0.3 is 0 Å². The molecule has 22 heavy (non-hydrogen) atoms. The number of hydrogen-bond donors (Lipinski definition) is 2. The van der Waals surface area contributed by atoms with Crippen LogP contribution in [0.3, 0.4) is 0 Å². The van der Waals surface area contributed by atoms with Gasteiger partial charge < -0.3 is 10.6 Å². The summed E-state index contributed by atoms with van der Waals surface area (Å²) in [5.74, 6) is -0.135. The largest absolute Gasteiger partial charge is 0.326 e. The first-order chi connectivity index (χ1) is 10.5. The van der Waals surface area contributed by atoms with Gasteiger partial charge in [0.05, 0.1) is 11.3 Å². The van der Waals surface area contributed by atoms with Gasteiger partial charge in [-0.2, -0.15) is 5.10 Å². The summed E-state index contributed by atoms with van der Waals surface area (Å²) in [5.41, 5.74) is 3.86. The maximum Gasteiger partial charge on any atom is 0.259 e. The highest BCUT2D eigenvalue weighted by atomic mass is 16.2. The van der Waals surface area contributed by atoms with E-state index < -0.39 is 0 Å². The van der Waals surface area contributed by atoms with Crippen molar-refractivity contribution in [2.75, 3.05) is 10.6 Å². The highest BCUT2D eigenvalue weighted by Crippen LogP contribution is 2.25. The first-order valence-corrected chi connectivity index (χ1v) is 7.27. The van der Waals surface area contributed by atoms with Crippen molar-refractivity contribution in [3.05, 3.63) is 41.2 Å². The number of carbonyl (C=O) groups is 2. The Balaban J connectivity index is 1.81. The molecule has 114 valence electrons. The minimum absolute atomic E-state index is 0.0431. The number of carbonyl (C=O) groups excluding carboxylic acids is 2. The molecule has 0 unspecified atom stereocenters. The lowest BCUT2D eigenvalue weighted by Gasteiger charge is -2.10. The summed E-state index contributed by atoms with van der Waals surface area (Å²) in [5, 5.41) is 9.94. The van der Waals surface area contributed by atoms with Gasteiger partial charge in [0, 0.05) is 31.0 Å². The van der Waals surface area contributed by atoms with E-state index in [0.29, 0.717) is 17.7 Å². The first-order valence-electron chi connectivity index (χ1n) is 7.27. The predicted molar refractivity (Wildman–Crippen MR) is 83.9 cm³/mol. The average Bonchev–Trinajstić information content (AvgIpc) is 2.69. The van der Waals surface area contributed by atoms with Crippen LogP contribution in [0.5, 0.6) is 0 Å².